The Morgan fingerprint density at radius 2 is 1.74 bits per heavy atom. The molecule has 142 valence electrons. The van der Waals surface area contributed by atoms with Gasteiger partial charge in [-0.05, 0) is 42.8 Å². The molecular weight excluding hydrogens is 368 g/mol. The lowest BCUT2D eigenvalue weighted by Crippen LogP contribution is -2.17. The molecule has 2 rings (SSSR count). The zero-order valence-electron chi connectivity index (χ0n) is 14.9. The Morgan fingerprint density at radius 3 is 2.37 bits per heavy atom. The van der Waals surface area contributed by atoms with E-state index in [1.54, 1.807) is 49.4 Å². The van der Waals surface area contributed by atoms with Crippen LogP contribution >= 0.6 is 0 Å². The minimum absolute atomic E-state index is 0.200. The number of amides is 1. The van der Waals surface area contributed by atoms with Crippen molar-refractivity contribution in [1.29, 1.82) is 0 Å². The number of carbonyl (C=O) groups is 2. The summed E-state index contributed by atoms with van der Waals surface area (Å²) in [6, 6.07) is 13.1. The molecule has 0 aliphatic carbocycles. The van der Waals surface area contributed by atoms with Crippen LogP contribution in [0.25, 0.3) is 6.08 Å². The Morgan fingerprint density at radius 1 is 1.07 bits per heavy atom. The van der Waals surface area contributed by atoms with Crippen molar-refractivity contribution in [2.24, 2.45) is 0 Å². The number of hydrogen-bond donors (Lipinski definition) is 2. The van der Waals surface area contributed by atoms with Crippen molar-refractivity contribution in [1.82, 2.24) is 0 Å². The van der Waals surface area contributed by atoms with Crippen molar-refractivity contribution < 1.29 is 22.7 Å². The first kappa shape index (κ1) is 20.2. The second-order valence-corrected chi connectivity index (χ2v) is 7.33. The van der Waals surface area contributed by atoms with E-state index in [4.69, 9.17) is 4.74 Å². The Labute approximate surface area is 158 Å². The van der Waals surface area contributed by atoms with Crippen LogP contribution in [-0.2, 0) is 19.6 Å². The van der Waals surface area contributed by atoms with Crippen LogP contribution in [-0.4, -0.2) is 33.2 Å². The van der Waals surface area contributed by atoms with Crippen molar-refractivity contribution in [3.8, 4) is 0 Å². The maximum absolute atomic E-state index is 12.5. The largest absolute Gasteiger partial charge is 0.463 e. The smallest absolute Gasteiger partial charge is 0.330 e. The van der Waals surface area contributed by atoms with Crippen LogP contribution in [0.1, 0.15) is 22.8 Å². The van der Waals surface area contributed by atoms with E-state index in [-0.39, 0.29) is 11.3 Å². The molecule has 2 aromatic rings. The second kappa shape index (κ2) is 9.00. The van der Waals surface area contributed by atoms with Crippen molar-refractivity contribution in [3.63, 3.8) is 0 Å². The lowest BCUT2D eigenvalue weighted by Gasteiger charge is -2.11. The predicted molar refractivity (Wildman–Crippen MR) is 105 cm³/mol. The van der Waals surface area contributed by atoms with Gasteiger partial charge in [0.05, 0.1) is 24.1 Å². The van der Waals surface area contributed by atoms with Gasteiger partial charge in [0.2, 0.25) is 10.0 Å². The number of sulfonamides is 1. The van der Waals surface area contributed by atoms with E-state index in [1.165, 1.54) is 18.2 Å². The van der Waals surface area contributed by atoms with Gasteiger partial charge in [-0.2, -0.15) is 0 Å². The van der Waals surface area contributed by atoms with Crippen LogP contribution in [0, 0.1) is 0 Å². The highest BCUT2D eigenvalue weighted by Gasteiger charge is 2.13. The molecule has 0 radical (unpaired) electrons. The minimum atomic E-state index is -3.50. The maximum atomic E-state index is 12.5. The van der Waals surface area contributed by atoms with Gasteiger partial charge in [0.15, 0.2) is 0 Å². The number of para-hydroxylation sites is 1. The predicted octanol–water partition coefficient (Wildman–Crippen LogP) is 2.89. The Bertz CT molecular complexity index is 950. The summed E-state index contributed by atoms with van der Waals surface area (Å²) in [5.41, 5.74) is 1.70. The molecule has 2 N–H and O–H groups in total. The van der Waals surface area contributed by atoms with E-state index in [9.17, 15) is 18.0 Å². The fraction of sp³-hybridized carbons (Fsp3) is 0.158. The lowest BCUT2D eigenvalue weighted by molar-refractivity contribution is -0.137. The normalized spacial score (nSPS) is 11.2. The average Bonchev–Trinajstić information content (AvgIpc) is 2.60. The van der Waals surface area contributed by atoms with Gasteiger partial charge in [-0.25, -0.2) is 13.2 Å². The highest BCUT2D eigenvalue weighted by Crippen LogP contribution is 2.19. The van der Waals surface area contributed by atoms with Crippen LogP contribution in [0.5, 0.6) is 0 Å². The Hall–Kier alpha value is -3.13. The Balaban J connectivity index is 2.10. The molecule has 2 aromatic carbocycles. The summed E-state index contributed by atoms with van der Waals surface area (Å²) in [5.74, 6) is -0.874. The molecule has 0 bridgehead atoms. The van der Waals surface area contributed by atoms with Crippen molar-refractivity contribution in [2.75, 3.05) is 22.9 Å². The summed E-state index contributed by atoms with van der Waals surface area (Å²) in [4.78, 5) is 23.8. The zero-order chi connectivity index (χ0) is 19.9. The van der Waals surface area contributed by atoms with E-state index in [0.717, 1.165) is 11.8 Å². The third-order valence-corrected chi connectivity index (χ3v) is 3.92. The van der Waals surface area contributed by atoms with E-state index < -0.39 is 21.9 Å². The highest BCUT2D eigenvalue weighted by atomic mass is 32.2. The van der Waals surface area contributed by atoms with Crippen molar-refractivity contribution in [3.05, 3.63) is 65.7 Å². The highest BCUT2D eigenvalue weighted by molar-refractivity contribution is 7.92. The third kappa shape index (κ3) is 6.59. The number of benzene rings is 2. The average molecular weight is 388 g/mol. The number of ether oxygens (including phenoxy) is 1. The molecular formula is C19H20N2O5S. The Kier molecular flexibility index (Phi) is 6.73. The van der Waals surface area contributed by atoms with Crippen LogP contribution in [0.4, 0.5) is 11.4 Å². The summed E-state index contributed by atoms with van der Waals surface area (Å²) in [6.45, 7) is 2.04. The summed E-state index contributed by atoms with van der Waals surface area (Å²) >= 11 is 0. The number of nitrogens with one attached hydrogen (secondary N) is 2. The molecule has 0 aromatic heterocycles. The van der Waals surface area contributed by atoms with E-state index in [0.29, 0.717) is 12.3 Å². The molecule has 0 aliphatic heterocycles. The van der Waals surface area contributed by atoms with Gasteiger partial charge in [-0.15, -0.1) is 0 Å². The SMILES string of the molecule is CCOC(=O)C=Cc1ccc(NC(=O)c2ccccc2NS(C)(=O)=O)cc1. The van der Waals surface area contributed by atoms with Crippen LogP contribution in [0.15, 0.2) is 54.6 Å². The van der Waals surface area contributed by atoms with Gasteiger partial charge < -0.3 is 10.1 Å². The van der Waals surface area contributed by atoms with Crippen LogP contribution in [0.2, 0.25) is 0 Å². The summed E-state index contributed by atoms with van der Waals surface area (Å²) in [6.07, 6.45) is 3.95. The van der Waals surface area contributed by atoms with Gasteiger partial charge in [0.25, 0.3) is 5.91 Å². The van der Waals surface area contributed by atoms with Crippen LogP contribution < -0.4 is 10.0 Å². The first-order valence-corrected chi connectivity index (χ1v) is 10.0. The molecule has 27 heavy (non-hydrogen) atoms. The molecule has 1 amide bonds. The van der Waals surface area contributed by atoms with Gasteiger partial charge in [0, 0.05) is 11.8 Å². The quantitative estimate of drug-likeness (QED) is 0.561. The van der Waals surface area contributed by atoms with E-state index >= 15 is 0 Å². The molecule has 0 spiro atoms. The fourth-order valence-electron chi connectivity index (χ4n) is 2.20. The lowest BCUT2D eigenvalue weighted by atomic mass is 10.1. The van der Waals surface area contributed by atoms with Gasteiger partial charge >= 0.3 is 5.97 Å². The number of rotatable bonds is 7. The van der Waals surface area contributed by atoms with Crippen molar-refractivity contribution >= 4 is 39.4 Å². The first-order chi connectivity index (χ1) is 12.8. The molecule has 0 saturated carbocycles. The standard InChI is InChI=1S/C19H20N2O5S/c1-3-26-18(22)13-10-14-8-11-15(12-9-14)20-19(23)16-6-4-5-7-17(16)21-27(2,24)25/h4-13,21H,3H2,1-2H3,(H,20,23). The molecule has 7 nitrogen and oxygen atoms in total. The molecule has 0 saturated heterocycles. The van der Waals surface area contributed by atoms with Crippen LogP contribution in [0.3, 0.4) is 0 Å². The maximum Gasteiger partial charge on any atom is 0.330 e. The number of anilines is 2. The third-order valence-electron chi connectivity index (χ3n) is 3.33. The molecule has 0 fully saturated rings. The fourth-order valence-corrected chi connectivity index (χ4v) is 2.78. The molecule has 8 heteroatoms. The van der Waals surface area contributed by atoms with Gasteiger partial charge in [0.1, 0.15) is 0 Å². The summed E-state index contributed by atoms with van der Waals surface area (Å²) in [7, 11) is -3.50. The molecule has 0 atom stereocenters. The molecule has 0 aliphatic rings. The van der Waals surface area contributed by atoms with Gasteiger partial charge in [-0.3, -0.25) is 9.52 Å². The topological polar surface area (TPSA) is 102 Å². The van der Waals surface area contributed by atoms with E-state index in [2.05, 4.69) is 10.0 Å². The monoisotopic (exact) mass is 388 g/mol. The summed E-state index contributed by atoms with van der Waals surface area (Å²) in [5, 5.41) is 2.71. The number of carbonyl (C=O) groups excluding carboxylic acids is 2. The molecule has 0 unspecified atom stereocenters. The van der Waals surface area contributed by atoms with Gasteiger partial charge in [-0.1, -0.05) is 24.3 Å². The first-order valence-electron chi connectivity index (χ1n) is 8.11. The number of hydrogen-bond acceptors (Lipinski definition) is 5. The second-order valence-electron chi connectivity index (χ2n) is 5.58. The molecule has 0 heterocycles. The minimum Gasteiger partial charge on any atom is -0.463 e. The van der Waals surface area contributed by atoms with Crippen molar-refractivity contribution in [2.45, 2.75) is 6.92 Å². The summed E-state index contributed by atoms with van der Waals surface area (Å²) < 4.78 is 30.0. The van der Waals surface area contributed by atoms with E-state index in [1.807, 2.05) is 0 Å². The zero-order valence-corrected chi connectivity index (χ0v) is 15.7. The number of esters is 1.